The van der Waals surface area contributed by atoms with Crippen LogP contribution in [0.1, 0.15) is 36.8 Å². The lowest BCUT2D eigenvalue weighted by molar-refractivity contribution is -0.404. The Morgan fingerprint density at radius 3 is 0.647 bits per heavy atom. The van der Waals surface area contributed by atoms with E-state index in [1.54, 1.807) is 84.9 Å². The zero-order valence-corrected chi connectivity index (χ0v) is 62.0. The van der Waals surface area contributed by atoms with Crippen molar-refractivity contribution in [3.8, 4) is 0 Å². The van der Waals surface area contributed by atoms with Gasteiger partial charge in [-0.3, -0.25) is 9.59 Å². The highest BCUT2D eigenvalue weighted by atomic mass is 16.8. The van der Waals surface area contributed by atoms with Gasteiger partial charge in [0, 0.05) is 0 Å². The lowest BCUT2D eigenvalue weighted by Gasteiger charge is -2.50. The molecule has 30 aliphatic rings. The van der Waals surface area contributed by atoms with Crippen LogP contribution in [0, 0.1) is 0 Å². The molecular weight excluding hydrogens is 1560 g/mol. The molecule has 0 saturated carbocycles. The molecule has 4 aromatic rings. The lowest BCUT2D eigenvalue weighted by atomic mass is 9.94. The van der Waals surface area contributed by atoms with Crippen LogP contribution in [-0.4, -0.2) is 423 Å². The fraction of sp³-hybridized carbons (Fsp3) is 0.703. The molecule has 0 unspecified atom stereocenters. The minimum atomic E-state index is -2.34. The predicted octanol–water partition coefficient (Wildman–Crippen LogP) is -10.4. The van der Waals surface area contributed by atoms with Gasteiger partial charge < -0.3 is 198 Å². The first-order chi connectivity index (χ1) is 55.5. The molecule has 648 valence electrons. The third kappa shape index (κ3) is 17.8. The Balaban J connectivity index is 0.788. The van der Waals surface area contributed by atoms with Gasteiger partial charge in [-0.15, -0.1) is 0 Å². The molecule has 30 saturated heterocycles. The summed E-state index contributed by atoms with van der Waals surface area (Å²) in [7, 11) is 0. The molecule has 42 heteroatoms. The number of carbonyl (C=O) groups excluding carboxylic acids is 2. The van der Waals surface area contributed by atoms with Crippen molar-refractivity contribution in [1.29, 1.82) is 0 Å². The summed E-state index contributed by atoms with van der Waals surface area (Å²) in [6.45, 7) is -5.56. The first-order valence-electron chi connectivity index (χ1n) is 37.8. The van der Waals surface area contributed by atoms with E-state index in [0.29, 0.717) is 21.9 Å². The molecule has 16 bridgehead atoms. The summed E-state index contributed by atoms with van der Waals surface area (Å²) in [5.41, 5.74) is 1.02. The molecule has 30 heterocycles. The highest BCUT2D eigenvalue weighted by Crippen LogP contribution is 2.41. The van der Waals surface area contributed by atoms with E-state index in [-0.39, 0.29) is 0 Å². The highest BCUT2D eigenvalue weighted by molar-refractivity contribution is 5.92. The molecule has 30 aliphatic heterocycles. The maximum atomic E-state index is 14.1. The molecule has 0 aromatic heterocycles. The third-order valence-corrected chi connectivity index (χ3v) is 22.6. The van der Waals surface area contributed by atoms with Crippen LogP contribution in [0.25, 0.3) is 21.5 Å². The summed E-state index contributed by atoms with van der Waals surface area (Å²) in [6.07, 6.45) is -85.2. The largest absolute Gasteiger partial charge is 0.462 e. The highest BCUT2D eigenvalue weighted by Gasteiger charge is 2.61. The molecule has 0 spiro atoms. The number of hydrogen-bond donors (Lipinski definition) is 22. The van der Waals surface area contributed by atoms with Crippen molar-refractivity contribution in [3.05, 3.63) is 96.1 Å². The summed E-state index contributed by atoms with van der Waals surface area (Å²) < 4.78 is 107. The summed E-state index contributed by atoms with van der Waals surface area (Å²) in [6, 6.07) is 24.6. The average Bonchev–Trinajstić information content (AvgIpc) is 0.770. The van der Waals surface area contributed by atoms with E-state index in [1.165, 1.54) is 13.8 Å². The minimum Gasteiger partial charge on any atom is -0.462 e. The van der Waals surface area contributed by atoms with Gasteiger partial charge in [0.05, 0.1) is 51.5 Å². The van der Waals surface area contributed by atoms with E-state index in [1.807, 2.05) is 0 Å². The fourth-order valence-electron chi connectivity index (χ4n) is 16.0. The lowest BCUT2D eigenvalue weighted by Crippen LogP contribution is -2.69. The van der Waals surface area contributed by atoms with Crippen LogP contribution in [0.5, 0.6) is 0 Å². The number of aliphatic hydroxyl groups is 22. The second kappa shape index (κ2) is 38.1. The van der Waals surface area contributed by atoms with Crippen LogP contribution in [0.3, 0.4) is 0 Å². The van der Waals surface area contributed by atoms with Gasteiger partial charge in [-0.1, -0.05) is 84.9 Å². The average molecular weight is 1660 g/mol. The summed E-state index contributed by atoms with van der Waals surface area (Å²) in [5.74, 6) is -3.83. The zero-order chi connectivity index (χ0) is 83.2. The molecule has 0 aliphatic carbocycles. The number of esters is 2. The van der Waals surface area contributed by atoms with Crippen LogP contribution in [0.15, 0.2) is 84.9 Å². The van der Waals surface area contributed by atoms with E-state index in [0.717, 1.165) is 10.8 Å². The molecule has 42 atom stereocenters. The van der Waals surface area contributed by atoms with Gasteiger partial charge in [-0.05, 0) is 46.5 Å². The van der Waals surface area contributed by atoms with Gasteiger partial charge in [0.2, 0.25) is 0 Å². The number of aliphatic hydroxyl groups excluding tert-OH is 22. The van der Waals surface area contributed by atoms with Crippen molar-refractivity contribution >= 4 is 33.5 Å². The number of ether oxygens (including phenoxy) is 18. The maximum Gasteiger partial charge on any atom is 0.313 e. The van der Waals surface area contributed by atoms with Crippen molar-refractivity contribution in [3.63, 3.8) is 0 Å². The van der Waals surface area contributed by atoms with E-state index >= 15 is 0 Å². The van der Waals surface area contributed by atoms with Gasteiger partial charge in [-0.25, -0.2) is 0 Å². The quantitative estimate of drug-likeness (QED) is 0.0521. The predicted molar refractivity (Wildman–Crippen MR) is 374 cm³/mol. The summed E-state index contributed by atoms with van der Waals surface area (Å²) in [4.78, 5) is 28.2. The Kier molecular flexibility index (Phi) is 29.1. The number of hydrogen-bond acceptors (Lipinski definition) is 42. The molecule has 34 rings (SSSR count). The summed E-state index contributed by atoms with van der Waals surface area (Å²) >= 11 is 0. The minimum absolute atomic E-state index is 0.510. The van der Waals surface area contributed by atoms with Crippen molar-refractivity contribution in [2.24, 2.45) is 0 Å². The van der Waals surface area contributed by atoms with Crippen LogP contribution < -0.4 is 0 Å². The molecule has 116 heavy (non-hydrogen) atoms. The molecule has 30 fully saturated rings. The van der Waals surface area contributed by atoms with Gasteiger partial charge in [0.1, 0.15) is 209 Å². The fourth-order valence-corrected chi connectivity index (χ4v) is 16.0. The van der Waals surface area contributed by atoms with Crippen molar-refractivity contribution in [1.82, 2.24) is 0 Å². The van der Waals surface area contributed by atoms with Gasteiger partial charge in [-0.2, -0.15) is 0 Å². The van der Waals surface area contributed by atoms with E-state index < -0.39 is 322 Å². The first-order valence-corrected chi connectivity index (χ1v) is 37.8. The molecule has 42 nitrogen and oxygen atoms in total. The Hall–Kier alpha value is -5.18. The van der Waals surface area contributed by atoms with Crippen LogP contribution in [0.4, 0.5) is 0 Å². The van der Waals surface area contributed by atoms with Gasteiger partial charge >= 0.3 is 11.9 Å². The second-order valence-corrected chi connectivity index (χ2v) is 29.9. The number of rotatable bonds is 14. The Bertz CT molecular complexity index is 3590. The maximum absolute atomic E-state index is 14.1. The second-order valence-electron chi connectivity index (χ2n) is 29.9. The molecule has 4 aromatic carbocycles. The third-order valence-electron chi connectivity index (χ3n) is 22.6. The normalized spacial score (nSPS) is 45.3. The number of benzene rings is 4. The SMILES string of the molecule is C[C@H](C(=O)OC[C@H]1O[C@@H]2O[C@H]3[C@H](O)[C@@H](O)[C@@H](O[C@H]4[C@@H](O)[C@@H](O)[C@@H](O[C@H]5[C@H](O)[C@@H](O)[C@@H](O[C@H]6[C@H](O)[C@@H](O)[C@@H](O[C@H]7[C@H](O)[C@@H](O)[C@@H](O[C@H]8[C@H](O)[C@@H](O)[C@@H](O[C@H]9[C@H](O)[C@@H](O)[C@@H](O[C@H]1[C@H](O)[C@H]2O)O[C@@H]9CO)O[C@@H]8CO)O[C@@H]7CO)O[C@@H]6COC(=O)[C@@H](C)c1cccc2ccccc12)O[C@@H]5CO)O[C@@H]4CO)O[C@@H]3CO)c1cccc2ccccc12. The van der Waals surface area contributed by atoms with E-state index in [4.69, 9.17) is 85.3 Å². The first kappa shape index (κ1) is 88.6. The zero-order valence-electron chi connectivity index (χ0n) is 62.0. The van der Waals surface area contributed by atoms with Crippen LogP contribution >= 0.6 is 0 Å². The number of fused-ring (bicyclic) bond motifs is 2. The number of carbonyl (C=O) groups is 2. The topological polar surface area (TPSA) is 645 Å². The van der Waals surface area contributed by atoms with Crippen molar-refractivity contribution in [2.75, 3.05) is 52.9 Å². The molecule has 0 amide bonds. The monoisotopic (exact) mass is 1660 g/mol. The molecule has 0 radical (unpaired) electrons. The smallest absolute Gasteiger partial charge is 0.313 e. The van der Waals surface area contributed by atoms with E-state index in [9.17, 15) is 122 Å². The van der Waals surface area contributed by atoms with Gasteiger partial charge in [0.25, 0.3) is 0 Å². The van der Waals surface area contributed by atoms with E-state index in [2.05, 4.69) is 0 Å². The molecule has 22 N–H and O–H groups in total. The van der Waals surface area contributed by atoms with Gasteiger partial charge in [0.15, 0.2) is 50.3 Å². The Labute approximate surface area is 658 Å². The van der Waals surface area contributed by atoms with Crippen LogP contribution in [-0.2, 0) is 94.9 Å². The molecular formula is C74H100O42. The van der Waals surface area contributed by atoms with Crippen molar-refractivity contribution < 1.29 is 207 Å². The Morgan fingerprint density at radius 1 is 0.259 bits per heavy atom. The Morgan fingerprint density at radius 2 is 0.440 bits per heavy atom. The van der Waals surface area contributed by atoms with Crippen molar-refractivity contribution in [2.45, 2.75) is 271 Å². The van der Waals surface area contributed by atoms with Crippen LogP contribution in [0.2, 0.25) is 0 Å². The standard InChI is InChI=1S/C74H100O42/c1-25(29-15-7-11-27-9-3-5-13-31(27)29)65(97)99-23-39-63-47(87)55(95)73(107-39)113-61-37(21-79)103-69(51(91)43(61)83)109-57-33(17-75)102-68(50(90)42(57)82)112-60-36(20-78)106-72(54(94)46(60)86)116-64-40(24-100-66(98)26(2)30-16-8-12-28-10-4-6-14-32(28)30)108-74(56(96)48(64)88)114-62-38(22-80)104-70(52(92)44(62)84)110-58-34(18-76)101-67(49(89)41(58)81)111-59-35(19-77)105-71(115-63)53(93)45(59)85/h3-16,25-26,33-64,67-96H,17-24H2,1-2H3/t25-,26-,33+,34+,35+,36+,37+,38+,39+,40+,41-,42+,43+,44+,45+,46+,47+,48+,49+,50+,51+,52+,53+,54+,55+,56+,57+,58+,59+,60+,61+,62+,63+,64+,67+,68+,69+,70+,71+,72+,73+,74+/m0/s1. The summed E-state index contributed by atoms with van der Waals surface area (Å²) in [5, 5.41) is 257.